The standard InChI is InChI=1S/C23H38N4O2.HI/c1-24-23(25-16-8-5-9-17-29-21-10-6-4-7-11-21)26-18-19-12-14-20(15-13-19)22(28)27(2)3;/h12-15,21H,4-11,16-18H2,1-3H3,(H2,24,25,26);1H. The summed E-state index contributed by atoms with van der Waals surface area (Å²) in [5.41, 5.74) is 1.82. The Kier molecular flexibility index (Phi) is 13.7. The largest absolute Gasteiger partial charge is 0.378 e. The molecule has 2 N–H and O–H groups in total. The molecule has 0 spiro atoms. The second kappa shape index (κ2) is 15.5. The summed E-state index contributed by atoms with van der Waals surface area (Å²) in [4.78, 5) is 17.8. The van der Waals surface area contributed by atoms with E-state index in [1.807, 2.05) is 24.3 Å². The van der Waals surface area contributed by atoms with Crippen LogP contribution in [0.15, 0.2) is 29.3 Å². The minimum Gasteiger partial charge on any atom is -0.378 e. The molecule has 0 unspecified atom stereocenters. The van der Waals surface area contributed by atoms with Crippen LogP contribution in [-0.4, -0.2) is 57.2 Å². The van der Waals surface area contributed by atoms with E-state index in [0.717, 1.165) is 43.9 Å². The number of benzene rings is 1. The molecule has 30 heavy (non-hydrogen) atoms. The van der Waals surface area contributed by atoms with Crippen molar-refractivity contribution in [2.24, 2.45) is 4.99 Å². The summed E-state index contributed by atoms with van der Waals surface area (Å²) in [6, 6.07) is 7.68. The van der Waals surface area contributed by atoms with E-state index < -0.39 is 0 Å². The minimum absolute atomic E-state index is 0. The Hall–Kier alpha value is -1.35. The van der Waals surface area contributed by atoms with Gasteiger partial charge in [-0.3, -0.25) is 9.79 Å². The number of ether oxygens (including phenoxy) is 1. The van der Waals surface area contributed by atoms with Gasteiger partial charge in [-0.2, -0.15) is 0 Å². The normalized spacial score (nSPS) is 14.7. The van der Waals surface area contributed by atoms with Gasteiger partial charge in [0.1, 0.15) is 0 Å². The highest BCUT2D eigenvalue weighted by Gasteiger charge is 2.13. The van der Waals surface area contributed by atoms with Gasteiger partial charge in [0.05, 0.1) is 6.10 Å². The summed E-state index contributed by atoms with van der Waals surface area (Å²) in [5, 5.41) is 6.68. The molecule has 0 bridgehead atoms. The number of guanidine groups is 1. The first-order chi connectivity index (χ1) is 14.1. The van der Waals surface area contributed by atoms with Crippen molar-refractivity contribution in [1.82, 2.24) is 15.5 Å². The van der Waals surface area contributed by atoms with Crippen LogP contribution in [0.25, 0.3) is 0 Å². The molecule has 1 aromatic rings. The molecule has 0 aromatic heterocycles. The molecule has 0 saturated heterocycles. The Bertz CT molecular complexity index is 629. The van der Waals surface area contributed by atoms with Crippen molar-refractivity contribution in [3.05, 3.63) is 35.4 Å². The van der Waals surface area contributed by atoms with E-state index in [-0.39, 0.29) is 29.9 Å². The first kappa shape index (κ1) is 26.7. The minimum atomic E-state index is 0. The van der Waals surface area contributed by atoms with Gasteiger partial charge in [-0.05, 0) is 49.8 Å². The van der Waals surface area contributed by atoms with Crippen molar-refractivity contribution >= 4 is 35.8 Å². The second-order valence-corrected chi connectivity index (χ2v) is 7.94. The molecule has 1 saturated carbocycles. The summed E-state index contributed by atoms with van der Waals surface area (Å²) in [6.45, 7) is 2.47. The van der Waals surface area contributed by atoms with Crippen LogP contribution in [0.4, 0.5) is 0 Å². The number of amides is 1. The maximum atomic E-state index is 11.9. The van der Waals surface area contributed by atoms with E-state index in [1.54, 1.807) is 26.0 Å². The molecule has 170 valence electrons. The number of nitrogens with one attached hydrogen (secondary N) is 2. The van der Waals surface area contributed by atoms with Gasteiger partial charge in [-0.15, -0.1) is 24.0 Å². The lowest BCUT2D eigenvalue weighted by atomic mass is 9.98. The third kappa shape index (κ3) is 10.1. The summed E-state index contributed by atoms with van der Waals surface area (Å²) >= 11 is 0. The van der Waals surface area contributed by atoms with E-state index in [1.165, 1.54) is 32.1 Å². The van der Waals surface area contributed by atoms with Crippen LogP contribution in [0, 0.1) is 0 Å². The Morgan fingerprint density at radius 3 is 2.40 bits per heavy atom. The van der Waals surface area contributed by atoms with E-state index in [0.29, 0.717) is 18.2 Å². The SMILES string of the molecule is CN=C(NCCCCCOC1CCCCC1)NCc1ccc(C(=O)N(C)C)cc1.I. The molecular weight excluding hydrogens is 491 g/mol. The van der Waals surface area contributed by atoms with Crippen molar-refractivity contribution in [2.45, 2.75) is 64.0 Å². The Morgan fingerprint density at radius 1 is 1.07 bits per heavy atom. The number of hydrogen-bond donors (Lipinski definition) is 2. The molecule has 1 aliphatic carbocycles. The average molecular weight is 530 g/mol. The monoisotopic (exact) mass is 530 g/mol. The van der Waals surface area contributed by atoms with Crippen LogP contribution >= 0.6 is 24.0 Å². The van der Waals surface area contributed by atoms with Crippen molar-refractivity contribution < 1.29 is 9.53 Å². The quantitative estimate of drug-likeness (QED) is 0.206. The number of carbonyl (C=O) groups is 1. The van der Waals surface area contributed by atoms with Crippen molar-refractivity contribution in [3.63, 3.8) is 0 Å². The molecule has 1 aliphatic rings. The zero-order valence-electron chi connectivity index (χ0n) is 18.8. The zero-order chi connectivity index (χ0) is 20.9. The smallest absolute Gasteiger partial charge is 0.253 e. The van der Waals surface area contributed by atoms with Crippen LogP contribution in [0.5, 0.6) is 0 Å². The van der Waals surface area contributed by atoms with Gasteiger partial charge in [-0.1, -0.05) is 31.4 Å². The molecule has 7 heteroatoms. The van der Waals surface area contributed by atoms with E-state index in [9.17, 15) is 4.79 Å². The molecule has 0 heterocycles. The van der Waals surface area contributed by atoms with E-state index in [2.05, 4.69) is 15.6 Å². The average Bonchev–Trinajstić information content (AvgIpc) is 2.75. The van der Waals surface area contributed by atoms with Gasteiger partial charge in [0.2, 0.25) is 0 Å². The molecule has 1 fully saturated rings. The molecule has 0 radical (unpaired) electrons. The van der Waals surface area contributed by atoms with Crippen molar-refractivity contribution in [1.29, 1.82) is 0 Å². The van der Waals surface area contributed by atoms with Crippen molar-refractivity contribution in [2.75, 3.05) is 34.3 Å². The summed E-state index contributed by atoms with van der Waals surface area (Å²) in [7, 11) is 5.31. The van der Waals surface area contributed by atoms with Gasteiger partial charge in [-0.25, -0.2) is 0 Å². The van der Waals surface area contributed by atoms with Gasteiger partial charge in [0.15, 0.2) is 5.96 Å². The van der Waals surface area contributed by atoms with Gasteiger partial charge in [0, 0.05) is 46.4 Å². The highest BCUT2D eigenvalue weighted by molar-refractivity contribution is 14.0. The lowest BCUT2D eigenvalue weighted by Gasteiger charge is -2.21. The summed E-state index contributed by atoms with van der Waals surface area (Å²) in [5.74, 6) is 0.822. The van der Waals surface area contributed by atoms with Crippen LogP contribution < -0.4 is 10.6 Å². The fourth-order valence-electron chi connectivity index (χ4n) is 3.52. The predicted octanol–water partition coefficient (Wildman–Crippen LogP) is 4.19. The number of halogens is 1. The Morgan fingerprint density at radius 2 is 1.77 bits per heavy atom. The number of carbonyl (C=O) groups excluding carboxylic acids is 1. The summed E-state index contributed by atoms with van der Waals surface area (Å²) in [6.07, 6.45) is 10.5. The predicted molar refractivity (Wildman–Crippen MR) is 135 cm³/mol. The highest BCUT2D eigenvalue weighted by atomic mass is 127. The summed E-state index contributed by atoms with van der Waals surface area (Å²) < 4.78 is 5.98. The number of nitrogens with zero attached hydrogens (tertiary/aromatic N) is 2. The second-order valence-electron chi connectivity index (χ2n) is 7.94. The molecule has 1 aromatic carbocycles. The number of rotatable bonds is 10. The molecule has 1 amide bonds. The van der Waals surface area contributed by atoms with Gasteiger partial charge < -0.3 is 20.3 Å². The maximum absolute atomic E-state index is 11.9. The topological polar surface area (TPSA) is 66.0 Å². The van der Waals surface area contributed by atoms with E-state index in [4.69, 9.17) is 4.74 Å². The zero-order valence-corrected chi connectivity index (χ0v) is 21.1. The van der Waals surface area contributed by atoms with Crippen molar-refractivity contribution in [3.8, 4) is 0 Å². The third-order valence-electron chi connectivity index (χ3n) is 5.31. The first-order valence-electron chi connectivity index (χ1n) is 11.0. The van der Waals surface area contributed by atoms with Gasteiger partial charge in [0.25, 0.3) is 5.91 Å². The molecule has 0 atom stereocenters. The fraction of sp³-hybridized carbons (Fsp3) is 0.652. The number of hydrogen-bond acceptors (Lipinski definition) is 3. The lowest BCUT2D eigenvalue weighted by molar-refractivity contribution is 0.0264. The van der Waals surface area contributed by atoms with Crippen LogP contribution in [0.3, 0.4) is 0 Å². The Labute approximate surface area is 199 Å². The number of aliphatic imine (C=N–C) groups is 1. The number of unbranched alkanes of at least 4 members (excludes halogenated alkanes) is 2. The Balaban J connectivity index is 0.00000450. The fourth-order valence-corrected chi connectivity index (χ4v) is 3.52. The lowest BCUT2D eigenvalue weighted by Crippen LogP contribution is -2.37. The highest BCUT2D eigenvalue weighted by Crippen LogP contribution is 2.20. The molecular formula is C23H39IN4O2. The van der Waals surface area contributed by atoms with E-state index >= 15 is 0 Å². The first-order valence-corrected chi connectivity index (χ1v) is 11.0. The molecule has 2 rings (SSSR count). The third-order valence-corrected chi connectivity index (χ3v) is 5.31. The maximum Gasteiger partial charge on any atom is 0.253 e. The van der Waals surface area contributed by atoms with Gasteiger partial charge >= 0.3 is 0 Å². The van der Waals surface area contributed by atoms with Crippen LogP contribution in [0.1, 0.15) is 67.3 Å². The van der Waals surface area contributed by atoms with Crippen LogP contribution in [0.2, 0.25) is 0 Å². The molecule has 0 aliphatic heterocycles. The van der Waals surface area contributed by atoms with Crippen LogP contribution in [-0.2, 0) is 11.3 Å². The molecule has 6 nitrogen and oxygen atoms in total.